The van der Waals surface area contributed by atoms with Gasteiger partial charge in [-0.05, 0) is 25.5 Å². The van der Waals surface area contributed by atoms with E-state index in [1.165, 1.54) is 0 Å². The molecule has 4 heteroatoms. The van der Waals surface area contributed by atoms with Crippen molar-refractivity contribution in [2.24, 2.45) is 5.73 Å². The molecule has 0 aliphatic carbocycles. The Balaban J connectivity index is 2.33. The molecule has 0 bridgehead atoms. The Morgan fingerprint density at radius 3 is 2.76 bits per heavy atom. The van der Waals surface area contributed by atoms with Crippen molar-refractivity contribution in [3.63, 3.8) is 0 Å². The van der Waals surface area contributed by atoms with Gasteiger partial charge in [0.1, 0.15) is 11.8 Å². The summed E-state index contributed by atoms with van der Waals surface area (Å²) in [5.41, 5.74) is 6.72. The standard InChI is InChI=1S/C13H19NO3/c1-3-16-13(15)11(14)8-9-17-12-7-5-4-6-10(12)2/h4-7,11H,3,8-9,14H2,1-2H3. The minimum Gasteiger partial charge on any atom is -0.493 e. The molecule has 1 rings (SSSR count). The number of hydrogen-bond donors (Lipinski definition) is 1. The molecule has 94 valence electrons. The lowest BCUT2D eigenvalue weighted by atomic mass is 10.2. The maximum atomic E-state index is 11.2. The number of benzene rings is 1. The fraction of sp³-hybridized carbons (Fsp3) is 0.462. The van der Waals surface area contributed by atoms with Crippen LogP contribution in [-0.4, -0.2) is 25.2 Å². The summed E-state index contributed by atoms with van der Waals surface area (Å²) >= 11 is 0. The fourth-order valence-electron chi connectivity index (χ4n) is 1.38. The Hall–Kier alpha value is -1.55. The second-order valence-corrected chi connectivity index (χ2v) is 3.76. The van der Waals surface area contributed by atoms with Gasteiger partial charge in [0, 0.05) is 6.42 Å². The SMILES string of the molecule is CCOC(=O)C(N)CCOc1ccccc1C. The average Bonchev–Trinajstić information content (AvgIpc) is 2.31. The molecular formula is C13H19NO3. The summed E-state index contributed by atoms with van der Waals surface area (Å²) < 4.78 is 10.4. The summed E-state index contributed by atoms with van der Waals surface area (Å²) in [5, 5.41) is 0. The van der Waals surface area contributed by atoms with E-state index in [0.29, 0.717) is 19.6 Å². The zero-order valence-corrected chi connectivity index (χ0v) is 10.3. The van der Waals surface area contributed by atoms with E-state index < -0.39 is 6.04 Å². The van der Waals surface area contributed by atoms with Crippen LogP contribution in [-0.2, 0) is 9.53 Å². The molecule has 1 aromatic rings. The van der Waals surface area contributed by atoms with Gasteiger partial charge in [-0.2, -0.15) is 0 Å². The van der Waals surface area contributed by atoms with Gasteiger partial charge in [-0.3, -0.25) is 4.79 Å². The van der Waals surface area contributed by atoms with Crippen LogP contribution in [0.1, 0.15) is 18.9 Å². The highest BCUT2D eigenvalue weighted by atomic mass is 16.5. The number of carbonyl (C=O) groups excluding carboxylic acids is 1. The first-order chi connectivity index (χ1) is 8.15. The first-order valence-electron chi connectivity index (χ1n) is 5.75. The third-order valence-electron chi connectivity index (χ3n) is 2.37. The zero-order chi connectivity index (χ0) is 12.7. The van der Waals surface area contributed by atoms with Gasteiger partial charge in [0.25, 0.3) is 0 Å². The van der Waals surface area contributed by atoms with Crippen LogP contribution < -0.4 is 10.5 Å². The average molecular weight is 237 g/mol. The van der Waals surface area contributed by atoms with E-state index >= 15 is 0 Å². The molecule has 0 saturated heterocycles. The van der Waals surface area contributed by atoms with Gasteiger partial charge < -0.3 is 15.2 Å². The van der Waals surface area contributed by atoms with Gasteiger partial charge in [-0.15, -0.1) is 0 Å². The number of para-hydroxylation sites is 1. The lowest BCUT2D eigenvalue weighted by molar-refractivity contribution is -0.145. The quantitative estimate of drug-likeness (QED) is 0.764. The predicted octanol–water partition coefficient (Wildman–Crippen LogP) is 1.65. The van der Waals surface area contributed by atoms with Gasteiger partial charge in [0.05, 0.1) is 13.2 Å². The van der Waals surface area contributed by atoms with E-state index in [4.69, 9.17) is 15.2 Å². The molecule has 0 fully saturated rings. The molecule has 0 saturated carbocycles. The summed E-state index contributed by atoms with van der Waals surface area (Å²) in [7, 11) is 0. The third-order valence-corrected chi connectivity index (χ3v) is 2.37. The highest BCUT2D eigenvalue weighted by molar-refractivity contribution is 5.75. The molecule has 1 atom stereocenters. The number of carbonyl (C=O) groups is 1. The molecule has 2 N–H and O–H groups in total. The molecule has 0 aromatic heterocycles. The molecule has 4 nitrogen and oxygen atoms in total. The van der Waals surface area contributed by atoms with E-state index in [0.717, 1.165) is 11.3 Å². The molecule has 0 aliphatic heterocycles. The number of rotatable bonds is 6. The van der Waals surface area contributed by atoms with Crippen molar-refractivity contribution in [2.45, 2.75) is 26.3 Å². The first kappa shape index (κ1) is 13.5. The van der Waals surface area contributed by atoms with Crippen LogP contribution in [0.5, 0.6) is 5.75 Å². The second kappa shape index (κ2) is 6.91. The molecule has 1 unspecified atom stereocenters. The van der Waals surface area contributed by atoms with Crippen LogP contribution in [0.4, 0.5) is 0 Å². The fourth-order valence-corrected chi connectivity index (χ4v) is 1.38. The highest BCUT2D eigenvalue weighted by Gasteiger charge is 2.14. The lowest BCUT2D eigenvalue weighted by Crippen LogP contribution is -2.33. The molecule has 0 heterocycles. The first-order valence-corrected chi connectivity index (χ1v) is 5.75. The Kier molecular flexibility index (Phi) is 5.49. The minimum absolute atomic E-state index is 0.352. The molecule has 17 heavy (non-hydrogen) atoms. The molecule has 0 amide bonds. The van der Waals surface area contributed by atoms with Gasteiger partial charge in [0.15, 0.2) is 0 Å². The second-order valence-electron chi connectivity index (χ2n) is 3.76. The Morgan fingerprint density at radius 2 is 2.12 bits per heavy atom. The van der Waals surface area contributed by atoms with Gasteiger partial charge in [0.2, 0.25) is 0 Å². The van der Waals surface area contributed by atoms with Gasteiger partial charge >= 0.3 is 5.97 Å². The van der Waals surface area contributed by atoms with Gasteiger partial charge in [-0.1, -0.05) is 18.2 Å². The Labute approximate surface area is 102 Å². The summed E-state index contributed by atoms with van der Waals surface area (Å²) in [6.07, 6.45) is 0.452. The molecule has 0 spiro atoms. The topological polar surface area (TPSA) is 61.5 Å². The van der Waals surface area contributed by atoms with Gasteiger partial charge in [-0.25, -0.2) is 0 Å². The zero-order valence-electron chi connectivity index (χ0n) is 10.3. The van der Waals surface area contributed by atoms with Crippen LogP contribution in [0.2, 0.25) is 0 Å². The maximum Gasteiger partial charge on any atom is 0.323 e. The molecule has 0 aliphatic rings. The van der Waals surface area contributed by atoms with Crippen molar-refractivity contribution >= 4 is 5.97 Å². The van der Waals surface area contributed by atoms with Crippen LogP contribution >= 0.6 is 0 Å². The van der Waals surface area contributed by atoms with Crippen LogP contribution in [0, 0.1) is 6.92 Å². The predicted molar refractivity (Wildman–Crippen MR) is 65.9 cm³/mol. The Morgan fingerprint density at radius 1 is 1.41 bits per heavy atom. The van der Waals surface area contributed by atoms with E-state index in [1.807, 2.05) is 31.2 Å². The van der Waals surface area contributed by atoms with E-state index in [2.05, 4.69) is 0 Å². The van der Waals surface area contributed by atoms with E-state index in [1.54, 1.807) is 6.92 Å². The van der Waals surface area contributed by atoms with Crippen molar-refractivity contribution in [1.29, 1.82) is 0 Å². The summed E-state index contributed by atoms with van der Waals surface area (Å²) in [6, 6.07) is 7.12. The molecular weight excluding hydrogens is 218 g/mol. The van der Waals surface area contributed by atoms with Crippen molar-refractivity contribution in [2.75, 3.05) is 13.2 Å². The lowest BCUT2D eigenvalue weighted by Gasteiger charge is -2.12. The third kappa shape index (κ3) is 4.44. The van der Waals surface area contributed by atoms with Crippen LogP contribution in [0.3, 0.4) is 0 Å². The van der Waals surface area contributed by atoms with Crippen molar-refractivity contribution in [3.8, 4) is 5.75 Å². The smallest absolute Gasteiger partial charge is 0.323 e. The van der Waals surface area contributed by atoms with Crippen LogP contribution in [0.25, 0.3) is 0 Å². The number of ether oxygens (including phenoxy) is 2. The number of nitrogens with two attached hydrogens (primary N) is 1. The van der Waals surface area contributed by atoms with Crippen molar-refractivity contribution in [1.82, 2.24) is 0 Å². The number of hydrogen-bond acceptors (Lipinski definition) is 4. The molecule has 0 radical (unpaired) electrons. The van der Waals surface area contributed by atoms with E-state index in [-0.39, 0.29) is 5.97 Å². The minimum atomic E-state index is -0.612. The van der Waals surface area contributed by atoms with Crippen molar-refractivity contribution < 1.29 is 14.3 Å². The summed E-state index contributed by atoms with van der Waals surface area (Å²) in [5.74, 6) is 0.449. The van der Waals surface area contributed by atoms with E-state index in [9.17, 15) is 4.79 Å². The highest BCUT2D eigenvalue weighted by Crippen LogP contribution is 2.16. The summed E-state index contributed by atoms with van der Waals surface area (Å²) in [6.45, 7) is 4.49. The Bertz CT molecular complexity index is 365. The molecule has 1 aromatic carbocycles. The number of esters is 1. The summed E-state index contributed by atoms with van der Waals surface area (Å²) in [4.78, 5) is 11.2. The maximum absolute atomic E-state index is 11.2. The monoisotopic (exact) mass is 237 g/mol. The van der Waals surface area contributed by atoms with Crippen molar-refractivity contribution in [3.05, 3.63) is 29.8 Å². The van der Waals surface area contributed by atoms with Crippen LogP contribution in [0.15, 0.2) is 24.3 Å². The largest absolute Gasteiger partial charge is 0.493 e. The number of aryl methyl sites for hydroxylation is 1. The normalized spacial score (nSPS) is 11.9.